The molecule has 2 rings (SSSR count). The number of ether oxygens (including phenoxy) is 1. The van der Waals surface area contributed by atoms with Gasteiger partial charge in [0.25, 0.3) is 0 Å². The third kappa shape index (κ3) is 4.09. The minimum atomic E-state index is 0.390. The van der Waals surface area contributed by atoms with Gasteiger partial charge in [-0.25, -0.2) is 9.97 Å². The summed E-state index contributed by atoms with van der Waals surface area (Å²) in [6.07, 6.45) is 9.52. The summed E-state index contributed by atoms with van der Waals surface area (Å²) in [5.41, 5.74) is 2.33. The van der Waals surface area contributed by atoms with E-state index in [0.29, 0.717) is 12.5 Å². The third-order valence-electron chi connectivity index (χ3n) is 3.62. The maximum Gasteiger partial charge on any atom is 0.217 e. The molecule has 1 aliphatic rings. The normalized spacial score (nSPS) is 17.9. The lowest BCUT2D eigenvalue weighted by Gasteiger charge is -2.21. The monoisotopic (exact) mass is 270 g/mol. The first-order chi connectivity index (χ1) is 9.83. The summed E-state index contributed by atoms with van der Waals surface area (Å²) in [4.78, 5) is 8.52. The van der Waals surface area contributed by atoms with Crippen molar-refractivity contribution < 1.29 is 4.74 Å². The molecule has 3 nitrogen and oxygen atoms in total. The van der Waals surface area contributed by atoms with E-state index in [-0.39, 0.29) is 0 Å². The third-order valence-corrected chi connectivity index (χ3v) is 3.62. The molecule has 0 N–H and O–H groups in total. The Morgan fingerprint density at radius 3 is 3.00 bits per heavy atom. The highest BCUT2D eigenvalue weighted by molar-refractivity contribution is 5.63. The Morgan fingerprint density at radius 1 is 1.30 bits per heavy atom. The topological polar surface area (TPSA) is 35.0 Å². The summed E-state index contributed by atoms with van der Waals surface area (Å²) in [5.74, 6) is 7.32. The summed E-state index contributed by atoms with van der Waals surface area (Å²) in [7, 11) is 0. The van der Waals surface area contributed by atoms with Gasteiger partial charge in [-0.3, -0.25) is 0 Å². The maximum absolute atomic E-state index is 5.54. The van der Waals surface area contributed by atoms with Crippen LogP contribution >= 0.6 is 0 Å². The lowest BCUT2D eigenvalue weighted by molar-refractivity contribution is 0.354. The summed E-state index contributed by atoms with van der Waals surface area (Å²) >= 11 is 0. The highest BCUT2D eigenvalue weighted by Gasteiger charge is 2.16. The quantitative estimate of drug-likeness (QED) is 0.779. The van der Waals surface area contributed by atoms with Gasteiger partial charge < -0.3 is 4.74 Å². The van der Waals surface area contributed by atoms with Crippen molar-refractivity contribution >= 4 is 5.57 Å². The maximum atomic E-state index is 5.54. The fraction of sp³-hybridized carbons (Fsp3) is 0.529. The number of hydrogen-bond acceptors (Lipinski definition) is 3. The van der Waals surface area contributed by atoms with E-state index in [1.807, 2.05) is 13.0 Å². The van der Waals surface area contributed by atoms with Crippen LogP contribution in [0.25, 0.3) is 5.57 Å². The highest BCUT2D eigenvalue weighted by atomic mass is 16.5. The molecule has 1 unspecified atom stereocenters. The number of aromatic nitrogens is 2. The van der Waals surface area contributed by atoms with Crippen LogP contribution < -0.4 is 4.74 Å². The van der Waals surface area contributed by atoms with Crippen molar-refractivity contribution in [2.75, 3.05) is 6.61 Å². The molecule has 0 saturated carbocycles. The van der Waals surface area contributed by atoms with Crippen molar-refractivity contribution in [3.05, 3.63) is 24.2 Å². The zero-order chi connectivity index (χ0) is 14.2. The lowest BCUT2D eigenvalue weighted by atomic mass is 9.86. The Hall–Kier alpha value is -1.82. The molecule has 1 aromatic heterocycles. The summed E-state index contributed by atoms with van der Waals surface area (Å²) < 4.78 is 5.54. The van der Waals surface area contributed by atoms with E-state index in [4.69, 9.17) is 4.74 Å². The molecule has 1 atom stereocenters. The van der Waals surface area contributed by atoms with Gasteiger partial charge in [0, 0.05) is 12.5 Å². The van der Waals surface area contributed by atoms with Gasteiger partial charge in [-0.05, 0) is 30.8 Å². The van der Waals surface area contributed by atoms with E-state index in [1.54, 1.807) is 6.33 Å². The fourth-order valence-electron chi connectivity index (χ4n) is 2.43. The van der Waals surface area contributed by atoms with Crippen LogP contribution in [-0.4, -0.2) is 16.6 Å². The molecule has 0 aromatic carbocycles. The van der Waals surface area contributed by atoms with Crippen LogP contribution in [0, 0.1) is 17.8 Å². The molecule has 0 bridgehead atoms. The van der Waals surface area contributed by atoms with E-state index in [0.717, 1.165) is 30.9 Å². The van der Waals surface area contributed by atoms with E-state index >= 15 is 0 Å². The number of rotatable bonds is 4. The minimum Gasteiger partial charge on any atom is -0.464 e. The van der Waals surface area contributed by atoms with Crippen LogP contribution in [0.5, 0.6) is 5.88 Å². The second kappa shape index (κ2) is 7.69. The van der Waals surface area contributed by atoms with Crippen molar-refractivity contribution in [1.29, 1.82) is 0 Å². The van der Waals surface area contributed by atoms with Crippen molar-refractivity contribution in [2.24, 2.45) is 5.92 Å². The molecule has 0 amide bonds. The van der Waals surface area contributed by atoms with Gasteiger partial charge in [-0.1, -0.05) is 32.3 Å². The van der Waals surface area contributed by atoms with Crippen LogP contribution in [0.15, 0.2) is 18.5 Å². The predicted molar refractivity (Wildman–Crippen MR) is 81.2 cm³/mol. The Labute approximate surface area is 121 Å². The Morgan fingerprint density at radius 2 is 2.20 bits per heavy atom. The largest absolute Gasteiger partial charge is 0.464 e. The van der Waals surface area contributed by atoms with E-state index < -0.39 is 0 Å². The second-order valence-corrected chi connectivity index (χ2v) is 5.02. The number of allylic oxidation sites excluding steroid dienone is 2. The number of nitrogens with zero attached hydrogens (tertiary/aromatic N) is 2. The van der Waals surface area contributed by atoms with Gasteiger partial charge in [-0.2, -0.15) is 0 Å². The van der Waals surface area contributed by atoms with Gasteiger partial charge in [0.2, 0.25) is 5.88 Å². The van der Waals surface area contributed by atoms with E-state index in [9.17, 15) is 0 Å². The van der Waals surface area contributed by atoms with Crippen LogP contribution in [0.2, 0.25) is 0 Å². The Kier molecular flexibility index (Phi) is 5.61. The summed E-state index contributed by atoms with van der Waals surface area (Å²) in [6, 6.07) is 1.93. The zero-order valence-corrected chi connectivity index (χ0v) is 12.4. The molecular weight excluding hydrogens is 248 g/mol. The van der Waals surface area contributed by atoms with Crippen molar-refractivity contribution in [2.45, 2.75) is 46.0 Å². The smallest absolute Gasteiger partial charge is 0.217 e. The van der Waals surface area contributed by atoms with Gasteiger partial charge in [-0.15, -0.1) is 5.92 Å². The number of hydrogen-bond donors (Lipinski definition) is 0. The molecule has 1 aliphatic carbocycles. The van der Waals surface area contributed by atoms with E-state index in [2.05, 4.69) is 34.8 Å². The molecule has 0 spiro atoms. The SMILES string of the molecule is CCC#CCOc1cc(C2=CCCC(CC)C2)ncn1. The Bertz CT molecular complexity index is 525. The molecular formula is C17H22N2O. The molecule has 0 radical (unpaired) electrons. The van der Waals surface area contributed by atoms with Crippen LogP contribution in [0.4, 0.5) is 0 Å². The first-order valence-corrected chi connectivity index (χ1v) is 7.43. The van der Waals surface area contributed by atoms with Gasteiger partial charge in [0.05, 0.1) is 5.69 Å². The predicted octanol–water partition coefficient (Wildman–Crippen LogP) is 3.86. The fourth-order valence-corrected chi connectivity index (χ4v) is 2.43. The molecule has 0 saturated heterocycles. The molecule has 3 heteroatoms. The van der Waals surface area contributed by atoms with Crippen LogP contribution in [0.3, 0.4) is 0 Å². The lowest BCUT2D eigenvalue weighted by Crippen LogP contribution is -2.06. The summed E-state index contributed by atoms with van der Waals surface area (Å²) in [5, 5.41) is 0. The highest BCUT2D eigenvalue weighted by Crippen LogP contribution is 2.32. The standard InChI is InChI=1S/C17H22N2O/c1-3-5-6-10-20-17-12-16(18-13-19-17)15-9-7-8-14(4-2)11-15/h9,12-14H,3-4,7-8,10-11H2,1-2H3. The van der Waals surface area contributed by atoms with E-state index in [1.165, 1.54) is 18.4 Å². The van der Waals surface area contributed by atoms with Crippen molar-refractivity contribution in [3.63, 3.8) is 0 Å². The molecule has 1 heterocycles. The molecule has 20 heavy (non-hydrogen) atoms. The average molecular weight is 270 g/mol. The first-order valence-electron chi connectivity index (χ1n) is 7.43. The second-order valence-electron chi connectivity index (χ2n) is 5.02. The summed E-state index contributed by atoms with van der Waals surface area (Å²) in [6.45, 7) is 4.67. The van der Waals surface area contributed by atoms with Crippen molar-refractivity contribution in [3.8, 4) is 17.7 Å². The molecule has 106 valence electrons. The Balaban J connectivity index is 2.04. The molecule has 0 aliphatic heterocycles. The van der Waals surface area contributed by atoms with Gasteiger partial charge in [0.15, 0.2) is 6.61 Å². The average Bonchev–Trinajstić information content (AvgIpc) is 2.52. The zero-order valence-electron chi connectivity index (χ0n) is 12.4. The molecule has 1 aromatic rings. The van der Waals surface area contributed by atoms with Crippen LogP contribution in [0.1, 0.15) is 51.6 Å². The van der Waals surface area contributed by atoms with Crippen LogP contribution in [-0.2, 0) is 0 Å². The minimum absolute atomic E-state index is 0.390. The first kappa shape index (κ1) is 14.6. The van der Waals surface area contributed by atoms with Gasteiger partial charge in [0.1, 0.15) is 6.33 Å². The van der Waals surface area contributed by atoms with Crippen molar-refractivity contribution in [1.82, 2.24) is 9.97 Å². The molecule has 0 fully saturated rings. The van der Waals surface area contributed by atoms with Gasteiger partial charge >= 0.3 is 0 Å².